The normalized spacial score (nSPS) is 16.4. The molecule has 0 aromatic heterocycles. The molecule has 0 aliphatic heterocycles. The zero-order valence-electron chi connectivity index (χ0n) is 10.5. The number of rotatable bonds is 1. The van der Waals surface area contributed by atoms with Crippen LogP contribution in [0.5, 0.6) is 0 Å². The standard InChI is InChI=1S/C7H9N.C7H15N/c1-6-3-2-4-7(8)5-6;1-8-7-5-3-2-4-6-7/h2-5H,8H2,1H3;7-8H,2-6H2,1H3. The Morgan fingerprint density at radius 3 is 2.25 bits per heavy atom. The molecule has 0 atom stereocenters. The number of hydrogen-bond donors (Lipinski definition) is 2. The Bertz CT molecular complexity index is 273. The minimum atomic E-state index is 0.837. The van der Waals surface area contributed by atoms with Crippen LogP contribution in [0.1, 0.15) is 37.7 Å². The van der Waals surface area contributed by atoms with E-state index in [9.17, 15) is 0 Å². The highest BCUT2D eigenvalue weighted by Crippen LogP contribution is 2.16. The van der Waals surface area contributed by atoms with Gasteiger partial charge in [-0.2, -0.15) is 0 Å². The monoisotopic (exact) mass is 220 g/mol. The Morgan fingerprint density at radius 1 is 1.19 bits per heavy atom. The van der Waals surface area contributed by atoms with Gasteiger partial charge < -0.3 is 11.1 Å². The van der Waals surface area contributed by atoms with Crippen molar-refractivity contribution in [2.75, 3.05) is 12.8 Å². The SMILES string of the molecule is CNC1CCCCC1.Cc1cccc(N)c1. The van der Waals surface area contributed by atoms with Gasteiger partial charge in [-0.25, -0.2) is 0 Å². The average Bonchev–Trinajstić information content (AvgIpc) is 2.31. The van der Waals surface area contributed by atoms with Crippen molar-refractivity contribution in [3.63, 3.8) is 0 Å². The first-order chi connectivity index (χ1) is 7.72. The summed E-state index contributed by atoms with van der Waals surface area (Å²) < 4.78 is 0. The van der Waals surface area contributed by atoms with Crippen molar-refractivity contribution in [2.45, 2.75) is 45.1 Å². The molecule has 1 saturated carbocycles. The molecule has 0 bridgehead atoms. The van der Waals surface area contributed by atoms with Gasteiger partial charge in [-0.3, -0.25) is 0 Å². The van der Waals surface area contributed by atoms with Gasteiger partial charge in [0.05, 0.1) is 0 Å². The van der Waals surface area contributed by atoms with Crippen LogP contribution in [-0.2, 0) is 0 Å². The molecule has 0 spiro atoms. The number of nitrogens with two attached hydrogens (primary N) is 1. The highest BCUT2D eigenvalue weighted by atomic mass is 14.9. The number of anilines is 1. The van der Waals surface area contributed by atoms with E-state index < -0.39 is 0 Å². The van der Waals surface area contributed by atoms with E-state index in [0.29, 0.717) is 0 Å². The topological polar surface area (TPSA) is 38.0 Å². The summed E-state index contributed by atoms with van der Waals surface area (Å²) in [5.74, 6) is 0. The van der Waals surface area contributed by atoms with Gasteiger partial charge >= 0.3 is 0 Å². The highest BCUT2D eigenvalue weighted by molar-refractivity contribution is 5.39. The summed E-state index contributed by atoms with van der Waals surface area (Å²) >= 11 is 0. The molecule has 3 N–H and O–H groups in total. The molecule has 0 radical (unpaired) electrons. The fourth-order valence-electron chi connectivity index (χ4n) is 2.06. The Hall–Kier alpha value is -1.02. The first kappa shape index (κ1) is 13.0. The molecular weight excluding hydrogens is 196 g/mol. The van der Waals surface area contributed by atoms with Crippen LogP contribution in [0.25, 0.3) is 0 Å². The Balaban J connectivity index is 0.000000160. The molecule has 1 aromatic carbocycles. The summed E-state index contributed by atoms with van der Waals surface area (Å²) in [6.07, 6.45) is 7.13. The second-order valence-electron chi connectivity index (χ2n) is 4.54. The van der Waals surface area contributed by atoms with E-state index in [1.807, 2.05) is 31.2 Å². The second-order valence-corrected chi connectivity index (χ2v) is 4.54. The Kier molecular flexibility index (Phi) is 5.94. The molecule has 2 rings (SSSR count). The van der Waals surface area contributed by atoms with Gasteiger partial charge in [-0.05, 0) is 44.5 Å². The minimum absolute atomic E-state index is 0.837. The van der Waals surface area contributed by atoms with Crippen LogP contribution in [-0.4, -0.2) is 13.1 Å². The lowest BCUT2D eigenvalue weighted by atomic mass is 9.96. The van der Waals surface area contributed by atoms with Crippen molar-refractivity contribution in [1.82, 2.24) is 5.32 Å². The largest absolute Gasteiger partial charge is 0.399 e. The fourth-order valence-corrected chi connectivity index (χ4v) is 2.06. The van der Waals surface area contributed by atoms with E-state index >= 15 is 0 Å². The third-order valence-corrected chi connectivity index (χ3v) is 3.06. The lowest BCUT2D eigenvalue weighted by Gasteiger charge is -2.20. The Labute approximate surface area is 99.2 Å². The molecule has 1 aromatic rings. The fraction of sp³-hybridized carbons (Fsp3) is 0.571. The molecule has 0 amide bonds. The number of hydrogen-bond acceptors (Lipinski definition) is 2. The van der Waals surface area contributed by atoms with Gasteiger partial charge in [-0.15, -0.1) is 0 Å². The van der Waals surface area contributed by atoms with Gasteiger partial charge in [-0.1, -0.05) is 31.4 Å². The smallest absolute Gasteiger partial charge is 0.0316 e. The molecule has 2 nitrogen and oxygen atoms in total. The van der Waals surface area contributed by atoms with Crippen molar-refractivity contribution < 1.29 is 0 Å². The van der Waals surface area contributed by atoms with Crippen LogP contribution in [0.3, 0.4) is 0 Å². The maximum Gasteiger partial charge on any atom is 0.0316 e. The zero-order valence-corrected chi connectivity index (χ0v) is 10.5. The van der Waals surface area contributed by atoms with E-state index in [1.54, 1.807) is 0 Å². The third-order valence-electron chi connectivity index (χ3n) is 3.06. The van der Waals surface area contributed by atoms with Gasteiger partial charge in [0.1, 0.15) is 0 Å². The molecule has 2 heteroatoms. The lowest BCUT2D eigenvalue weighted by Crippen LogP contribution is -2.26. The molecule has 1 fully saturated rings. The molecule has 0 saturated heterocycles. The number of nitrogens with one attached hydrogen (secondary N) is 1. The predicted octanol–water partition coefficient (Wildman–Crippen LogP) is 3.12. The molecule has 1 aliphatic rings. The molecule has 16 heavy (non-hydrogen) atoms. The maximum atomic E-state index is 5.46. The molecule has 0 heterocycles. The summed E-state index contributed by atoms with van der Waals surface area (Å²) in [5, 5.41) is 3.30. The summed E-state index contributed by atoms with van der Waals surface area (Å²) in [7, 11) is 2.07. The van der Waals surface area contributed by atoms with Gasteiger partial charge in [0.2, 0.25) is 0 Å². The first-order valence-corrected chi connectivity index (χ1v) is 6.22. The summed E-state index contributed by atoms with van der Waals surface area (Å²) in [6, 6.07) is 8.64. The highest BCUT2D eigenvalue weighted by Gasteiger charge is 2.09. The summed E-state index contributed by atoms with van der Waals surface area (Å²) in [4.78, 5) is 0. The average molecular weight is 220 g/mol. The van der Waals surface area contributed by atoms with Crippen LogP contribution < -0.4 is 11.1 Å². The maximum absolute atomic E-state index is 5.46. The van der Waals surface area contributed by atoms with E-state index in [0.717, 1.165) is 11.7 Å². The predicted molar refractivity (Wildman–Crippen MR) is 71.5 cm³/mol. The number of nitrogen functional groups attached to an aromatic ring is 1. The van der Waals surface area contributed by atoms with E-state index in [4.69, 9.17) is 5.73 Å². The van der Waals surface area contributed by atoms with E-state index in [2.05, 4.69) is 12.4 Å². The molecule has 0 unspecified atom stereocenters. The third kappa shape index (κ3) is 5.17. The van der Waals surface area contributed by atoms with Crippen molar-refractivity contribution in [3.8, 4) is 0 Å². The van der Waals surface area contributed by atoms with Crippen molar-refractivity contribution >= 4 is 5.69 Å². The number of aryl methyl sites for hydroxylation is 1. The van der Waals surface area contributed by atoms with Gasteiger partial charge in [0.25, 0.3) is 0 Å². The molecule has 1 aliphatic carbocycles. The van der Waals surface area contributed by atoms with Crippen LogP contribution in [0.15, 0.2) is 24.3 Å². The van der Waals surface area contributed by atoms with Gasteiger partial charge in [0.15, 0.2) is 0 Å². The van der Waals surface area contributed by atoms with Gasteiger partial charge in [0, 0.05) is 11.7 Å². The van der Waals surface area contributed by atoms with Crippen LogP contribution in [0.2, 0.25) is 0 Å². The number of benzene rings is 1. The van der Waals surface area contributed by atoms with Crippen LogP contribution in [0.4, 0.5) is 5.69 Å². The van der Waals surface area contributed by atoms with Crippen molar-refractivity contribution in [2.24, 2.45) is 0 Å². The quantitative estimate of drug-likeness (QED) is 0.714. The van der Waals surface area contributed by atoms with Crippen molar-refractivity contribution in [3.05, 3.63) is 29.8 Å². The lowest BCUT2D eigenvalue weighted by molar-refractivity contribution is 0.394. The second kappa shape index (κ2) is 7.29. The van der Waals surface area contributed by atoms with Crippen LogP contribution in [0, 0.1) is 6.92 Å². The minimum Gasteiger partial charge on any atom is -0.399 e. The zero-order chi connectivity index (χ0) is 11.8. The van der Waals surface area contributed by atoms with E-state index in [-0.39, 0.29) is 0 Å². The Morgan fingerprint density at radius 2 is 1.88 bits per heavy atom. The summed E-state index contributed by atoms with van der Waals surface area (Å²) in [5.41, 5.74) is 7.51. The van der Waals surface area contributed by atoms with Crippen LogP contribution >= 0.6 is 0 Å². The molecular formula is C14H24N2. The first-order valence-electron chi connectivity index (χ1n) is 6.22. The van der Waals surface area contributed by atoms with Crippen molar-refractivity contribution in [1.29, 1.82) is 0 Å². The van der Waals surface area contributed by atoms with E-state index in [1.165, 1.54) is 37.7 Å². The molecule has 90 valence electrons. The summed E-state index contributed by atoms with van der Waals surface area (Å²) in [6.45, 7) is 2.02.